The minimum Gasteiger partial charge on any atom is -0.352 e. The van der Waals surface area contributed by atoms with Crippen LogP contribution in [0.5, 0.6) is 0 Å². The second-order valence-electron chi connectivity index (χ2n) is 4.67. The van der Waals surface area contributed by atoms with Crippen LogP contribution in [-0.4, -0.2) is 10.9 Å². The van der Waals surface area contributed by atoms with Crippen LogP contribution in [0.25, 0.3) is 9.88 Å². The van der Waals surface area contributed by atoms with Crippen LogP contribution >= 0.6 is 22.7 Å². The molecule has 0 aliphatic rings. The monoisotopic (exact) mass is 332 g/mol. The van der Waals surface area contributed by atoms with E-state index in [4.69, 9.17) is 0 Å². The normalized spacial score (nSPS) is 10.6. The number of benzene rings is 1. The summed E-state index contributed by atoms with van der Waals surface area (Å²) in [4.78, 5) is 17.5. The van der Waals surface area contributed by atoms with Crippen LogP contribution in [0.3, 0.4) is 0 Å². The Kier molecular flexibility index (Phi) is 4.60. The third-order valence-electron chi connectivity index (χ3n) is 3.06. The van der Waals surface area contributed by atoms with Crippen LogP contribution in [0.2, 0.25) is 0 Å². The first kappa shape index (κ1) is 14.9. The molecule has 0 saturated heterocycles. The van der Waals surface area contributed by atoms with Crippen molar-refractivity contribution in [2.45, 2.75) is 13.0 Å². The number of thiazole rings is 1. The number of hydrogen-bond donors (Lipinski definition) is 1. The molecule has 1 aromatic carbocycles. The summed E-state index contributed by atoms with van der Waals surface area (Å²) in [7, 11) is 0. The van der Waals surface area contributed by atoms with Crippen molar-refractivity contribution in [3.05, 3.63) is 64.2 Å². The topological polar surface area (TPSA) is 42.0 Å². The van der Waals surface area contributed by atoms with Crippen molar-refractivity contribution in [1.29, 1.82) is 0 Å². The molecule has 3 nitrogen and oxygen atoms in total. The predicted molar refractivity (Wildman–Crippen MR) is 87.4 cm³/mol. The van der Waals surface area contributed by atoms with E-state index >= 15 is 0 Å². The standard InChI is InChI=1S/C16H13FN2OS2/c17-13-5-2-1-4-11(13)9-18-15(20)8-12-10-22-16(19-12)14-6-3-7-21-14/h1-7,10H,8-9H2,(H,18,20). The number of nitrogens with one attached hydrogen (secondary N) is 1. The van der Waals surface area contributed by atoms with Crippen LogP contribution in [-0.2, 0) is 17.8 Å². The van der Waals surface area contributed by atoms with Gasteiger partial charge in [0.2, 0.25) is 5.91 Å². The molecule has 0 atom stereocenters. The molecule has 3 rings (SSSR count). The second-order valence-corrected chi connectivity index (χ2v) is 6.47. The zero-order valence-electron chi connectivity index (χ0n) is 11.6. The fourth-order valence-electron chi connectivity index (χ4n) is 1.96. The van der Waals surface area contributed by atoms with Crippen LogP contribution in [0.4, 0.5) is 4.39 Å². The largest absolute Gasteiger partial charge is 0.352 e. The van der Waals surface area contributed by atoms with E-state index < -0.39 is 0 Å². The number of hydrogen-bond acceptors (Lipinski definition) is 4. The highest BCUT2D eigenvalue weighted by Crippen LogP contribution is 2.27. The van der Waals surface area contributed by atoms with E-state index in [1.54, 1.807) is 29.5 Å². The maximum atomic E-state index is 13.5. The van der Waals surface area contributed by atoms with Gasteiger partial charge in [-0.3, -0.25) is 4.79 Å². The van der Waals surface area contributed by atoms with E-state index in [1.165, 1.54) is 17.4 Å². The smallest absolute Gasteiger partial charge is 0.226 e. The number of nitrogens with zero attached hydrogens (tertiary/aromatic N) is 1. The lowest BCUT2D eigenvalue weighted by Crippen LogP contribution is -2.25. The van der Waals surface area contributed by atoms with Crippen molar-refractivity contribution in [3.63, 3.8) is 0 Å². The molecule has 2 aromatic heterocycles. The van der Waals surface area contributed by atoms with Crippen molar-refractivity contribution in [3.8, 4) is 9.88 Å². The fraction of sp³-hybridized carbons (Fsp3) is 0.125. The minimum atomic E-state index is -0.309. The van der Waals surface area contributed by atoms with Gasteiger partial charge in [-0.05, 0) is 17.5 Å². The fourth-order valence-corrected chi connectivity index (χ4v) is 3.60. The maximum absolute atomic E-state index is 13.5. The Labute approximate surface area is 135 Å². The first-order chi connectivity index (χ1) is 10.7. The molecule has 0 aliphatic heterocycles. The van der Waals surface area contributed by atoms with Crippen LogP contribution in [0.15, 0.2) is 47.2 Å². The Morgan fingerprint density at radius 2 is 2.05 bits per heavy atom. The summed E-state index contributed by atoms with van der Waals surface area (Å²) in [6.45, 7) is 0.188. The van der Waals surface area contributed by atoms with Crippen molar-refractivity contribution in [2.24, 2.45) is 0 Å². The van der Waals surface area contributed by atoms with E-state index in [9.17, 15) is 9.18 Å². The van der Waals surface area contributed by atoms with Crippen LogP contribution < -0.4 is 5.32 Å². The number of rotatable bonds is 5. The van der Waals surface area contributed by atoms with E-state index in [-0.39, 0.29) is 24.7 Å². The summed E-state index contributed by atoms with van der Waals surface area (Å²) in [6.07, 6.45) is 0.205. The molecule has 0 bridgehead atoms. The van der Waals surface area contributed by atoms with Crippen LogP contribution in [0, 0.1) is 5.82 Å². The molecule has 0 fully saturated rings. The number of carbonyl (C=O) groups is 1. The van der Waals surface area contributed by atoms with E-state index in [0.717, 1.165) is 15.6 Å². The number of thiophene rings is 1. The summed E-state index contributed by atoms with van der Waals surface area (Å²) >= 11 is 3.15. The third-order valence-corrected chi connectivity index (χ3v) is 4.99. The number of aromatic nitrogens is 1. The van der Waals surface area contributed by atoms with Gasteiger partial charge in [0.05, 0.1) is 17.0 Å². The molecule has 0 radical (unpaired) electrons. The lowest BCUT2D eigenvalue weighted by molar-refractivity contribution is -0.120. The molecule has 112 valence electrons. The van der Waals surface area contributed by atoms with Crippen molar-refractivity contribution in [1.82, 2.24) is 10.3 Å². The molecule has 1 N–H and O–H groups in total. The van der Waals surface area contributed by atoms with Gasteiger partial charge in [0.25, 0.3) is 0 Å². The lowest BCUT2D eigenvalue weighted by atomic mass is 10.2. The van der Waals surface area contributed by atoms with Gasteiger partial charge in [-0.1, -0.05) is 24.3 Å². The predicted octanol–water partition coefficient (Wildman–Crippen LogP) is 3.87. The first-order valence-electron chi connectivity index (χ1n) is 6.71. The summed E-state index contributed by atoms with van der Waals surface area (Å²) in [6, 6.07) is 10.4. The zero-order chi connectivity index (χ0) is 15.4. The van der Waals surface area contributed by atoms with Gasteiger partial charge in [0.15, 0.2) is 0 Å². The molecular weight excluding hydrogens is 319 g/mol. The molecular formula is C16H13FN2OS2. The van der Waals surface area contributed by atoms with Crippen molar-refractivity contribution >= 4 is 28.6 Å². The molecule has 2 heterocycles. The van der Waals surface area contributed by atoms with Gasteiger partial charge >= 0.3 is 0 Å². The molecule has 22 heavy (non-hydrogen) atoms. The molecule has 3 aromatic rings. The maximum Gasteiger partial charge on any atom is 0.226 e. The Morgan fingerprint density at radius 1 is 1.18 bits per heavy atom. The molecule has 0 saturated carbocycles. The Balaban J connectivity index is 1.57. The Morgan fingerprint density at radius 3 is 2.82 bits per heavy atom. The number of amides is 1. The molecule has 1 amide bonds. The van der Waals surface area contributed by atoms with Gasteiger partial charge in [0, 0.05) is 17.5 Å². The first-order valence-corrected chi connectivity index (χ1v) is 8.46. The quantitative estimate of drug-likeness (QED) is 0.771. The SMILES string of the molecule is O=C(Cc1csc(-c2cccs2)n1)NCc1ccccc1F. The molecule has 0 spiro atoms. The Hall–Kier alpha value is -2.05. The summed E-state index contributed by atoms with van der Waals surface area (Å²) < 4.78 is 13.5. The third kappa shape index (κ3) is 3.58. The highest BCUT2D eigenvalue weighted by Gasteiger charge is 2.10. The highest BCUT2D eigenvalue weighted by atomic mass is 32.1. The van der Waals surface area contributed by atoms with Crippen molar-refractivity contribution in [2.75, 3.05) is 0 Å². The highest BCUT2D eigenvalue weighted by molar-refractivity contribution is 7.20. The van der Waals surface area contributed by atoms with Gasteiger partial charge in [0.1, 0.15) is 10.8 Å². The summed E-state index contributed by atoms with van der Waals surface area (Å²) in [5.41, 5.74) is 1.22. The lowest BCUT2D eigenvalue weighted by Gasteiger charge is -2.05. The van der Waals surface area contributed by atoms with E-state index in [0.29, 0.717) is 5.56 Å². The average molecular weight is 332 g/mol. The Bertz CT molecular complexity index is 768. The van der Waals surface area contributed by atoms with Crippen LogP contribution in [0.1, 0.15) is 11.3 Å². The molecule has 6 heteroatoms. The molecule has 0 unspecified atom stereocenters. The number of carbonyl (C=O) groups excluding carboxylic acids is 1. The van der Waals surface area contributed by atoms with E-state index in [1.807, 2.05) is 22.9 Å². The van der Waals surface area contributed by atoms with Gasteiger partial charge in [-0.2, -0.15) is 0 Å². The van der Waals surface area contributed by atoms with Gasteiger partial charge < -0.3 is 5.32 Å². The average Bonchev–Trinajstić information content (AvgIpc) is 3.17. The summed E-state index contributed by atoms with van der Waals surface area (Å²) in [5.74, 6) is -0.470. The zero-order valence-corrected chi connectivity index (χ0v) is 13.2. The summed E-state index contributed by atoms with van der Waals surface area (Å²) in [5, 5.41) is 7.53. The van der Waals surface area contributed by atoms with E-state index in [2.05, 4.69) is 10.3 Å². The van der Waals surface area contributed by atoms with Gasteiger partial charge in [-0.15, -0.1) is 22.7 Å². The number of halogens is 1. The molecule has 0 aliphatic carbocycles. The van der Waals surface area contributed by atoms with Gasteiger partial charge in [-0.25, -0.2) is 9.37 Å². The minimum absolute atomic E-state index is 0.161. The second kappa shape index (κ2) is 6.81. The van der Waals surface area contributed by atoms with Crippen molar-refractivity contribution < 1.29 is 9.18 Å².